The number of benzene rings is 2. The summed E-state index contributed by atoms with van der Waals surface area (Å²) in [5.41, 5.74) is 5.88. The highest BCUT2D eigenvalue weighted by Crippen LogP contribution is 2.29. The van der Waals surface area contributed by atoms with Crippen molar-refractivity contribution in [3.8, 4) is 11.3 Å². The van der Waals surface area contributed by atoms with Crippen LogP contribution >= 0.6 is 0 Å². The van der Waals surface area contributed by atoms with Crippen molar-refractivity contribution in [3.05, 3.63) is 59.8 Å². The molecule has 4 heterocycles. The van der Waals surface area contributed by atoms with Gasteiger partial charge < -0.3 is 19.7 Å². The Labute approximate surface area is 203 Å². The Morgan fingerprint density at radius 2 is 1.71 bits per heavy atom. The Bertz CT molecular complexity index is 1410. The molecule has 2 aliphatic rings. The van der Waals surface area contributed by atoms with Crippen LogP contribution in [-0.4, -0.2) is 65.1 Å². The first-order chi connectivity index (χ1) is 17.1. The van der Waals surface area contributed by atoms with Gasteiger partial charge in [-0.3, -0.25) is 4.68 Å². The number of aromatic nitrogens is 4. The van der Waals surface area contributed by atoms with Crippen molar-refractivity contribution in [3.63, 3.8) is 0 Å². The van der Waals surface area contributed by atoms with E-state index in [9.17, 15) is 0 Å². The van der Waals surface area contributed by atoms with Gasteiger partial charge in [0, 0.05) is 48.4 Å². The van der Waals surface area contributed by atoms with Crippen LogP contribution in [0.2, 0.25) is 0 Å². The maximum atomic E-state index is 5.57. The van der Waals surface area contributed by atoms with Crippen molar-refractivity contribution in [1.29, 1.82) is 0 Å². The third-order valence-electron chi connectivity index (χ3n) is 6.33. The van der Waals surface area contributed by atoms with Gasteiger partial charge in [-0.2, -0.15) is 10.1 Å². The molecule has 0 spiro atoms. The molecule has 1 saturated heterocycles. The summed E-state index contributed by atoms with van der Waals surface area (Å²) in [6.07, 6.45) is 0. The molecule has 9 nitrogen and oxygen atoms in total. The SMILES string of the molecule is Cc1nn(C)c2cc(-c3cc(Nc4ccc(C5=NCCO5)cc4)nc(N4CCOCC4)n3)ccc12. The number of fused-ring (bicyclic) bond motifs is 1. The summed E-state index contributed by atoms with van der Waals surface area (Å²) >= 11 is 0. The molecule has 0 bridgehead atoms. The molecule has 2 aromatic carbocycles. The number of ether oxygens (including phenoxy) is 2. The predicted octanol–water partition coefficient (Wildman–Crippen LogP) is 3.70. The van der Waals surface area contributed by atoms with E-state index in [0.29, 0.717) is 38.2 Å². The molecule has 35 heavy (non-hydrogen) atoms. The molecule has 2 aromatic heterocycles. The molecule has 4 aromatic rings. The standard InChI is InChI=1S/C26H27N7O2/c1-17-21-8-5-19(15-23(21)32(2)31-17)22-16-24(30-26(29-22)33-10-13-34-14-11-33)28-20-6-3-18(4-7-20)25-27-9-12-35-25/h3-8,15-16H,9-14H2,1-2H3,(H,28,29,30). The van der Waals surface area contributed by atoms with E-state index in [0.717, 1.165) is 58.0 Å². The topological polar surface area (TPSA) is 89.7 Å². The fourth-order valence-electron chi connectivity index (χ4n) is 4.50. The Hall–Kier alpha value is -3.98. The van der Waals surface area contributed by atoms with Gasteiger partial charge in [-0.1, -0.05) is 12.1 Å². The van der Waals surface area contributed by atoms with Crippen LogP contribution in [0.25, 0.3) is 22.2 Å². The Morgan fingerprint density at radius 3 is 2.49 bits per heavy atom. The maximum absolute atomic E-state index is 5.57. The van der Waals surface area contributed by atoms with Crippen molar-refractivity contribution < 1.29 is 9.47 Å². The minimum Gasteiger partial charge on any atom is -0.476 e. The highest BCUT2D eigenvalue weighted by atomic mass is 16.5. The third-order valence-corrected chi connectivity index (χ3v) is 6.33. The van der Waals surface area contributed by atoms with Gasteiger partial charge in [-0.05, 0) is 37.3 Å². The highest BCUT2D eigenvalue weighted by Gasteiger charge is 2.18. The second-order valence-electron chi connectivity index (χ2n) is 8.72. The first-order valence-corrected chi connectivity index (χ1v) is 11.8. The first kappa shape index (κ1) is 21.5. The number of hydrogen-bond donors (Lipinski definition) is 1. The summed E-state index contributed by atoms with van der Waals surface area (Å²) in [6.45, 7) is 6.26. The third kappa shape index (κ3) is 4.30. The summed E-state index contributed by atoms with van der Waals surface area (Å²) in [4.78, 5) is 16.3. The molecule has 1 N–H and O–H groups in total. The van der Waals surface area contributed by atoms with E-state index >= 15 is 0 Å². The van der Waals surface area contributed by atoms with Gasteiger partial charge in [-0.15, -0.1) is 0 Å². The van der Waals surface area contributed by atoms with Gasteiger partial charge in [0.1, 0.15) is 12.4 Å². The van der Waals surface area contributed by atoms with Gasteiger partial charge in [-0.25, -0.2) is 9.98 Å². The maximum Gasteiger partial charge on any atom is 0.228 e. The van der Waals surface area contributed by atoms with Crippen LogP contribution in [0.3, 0.4) is 0 Å². The van der Waals surface area contributed by atoms with Crippen molar-refractivity contribution >= 4 is 34.3 Å². The fourth-order valence-corrected chi connectivity index (χ4v) is 4.50. The Morgan fingerprint density at radius 1 is 0.914 bits per heavy atom. The first-order valence-electron chi connectivity index (χ1n) is 11.8. The van der Waals surface area contributed by atoms with Gasteiger partial charge in [0.2, 0.25) is 11.8 Å². The van der Waals surface area contributed by atoms with Crippen LogP contribution in [0.15, 0.2) is 53.5 Å². The average molecular weight is 470 g/mol. The molecular formula is C26H27N7O2. The molecule has 0 saturated carbocycles. The molecule has 0 unspecified atom stereocenters. The molecule has 6 rings (SSSR count). The van der Waals surface area contributed by atoms with Gasteiger partial charge in [0.15, 0.2) is 0 Å². The molecule has 0 atom stereocenters. The second-order valence-corrected chi connectivity index (χ2v) is 8.72. The van der Waals surface area contributed by atoms with Crippen LogP contribution in [-0.2, 0) is 16.5 Å². The smallest absolute Gasteiger partial charge is 0.228 e. The summed E-state index contributed by atoms with van der Waals surface area (Å²) in [5, 5.41) is 9.16. The molecule has 0 radical (unpaired) electrons. The number of morpholine rings is 1. The van der Waals surface area contributed by atoms with E-state index in [1.54, 1.807) is 0 Å². The minimum absolute atomic E-state index is 0.646. The molecule has 2 aliphatic heterocycles. The number of hydrogen-bond acceptors (Lipinski definition) is 8. The van der Waals surface area contributed by atoms with Crippen LogP contribution in [0, 0.1) is 6.92 Å². The average Bonchev–Trinajstić information content (AvgIpc) is 3.53. The highest BCUT2D eigenvalue weighted by molar-refractivity contribution is 5.95. The Kier molecular flexibility index (Phi) is 5.54. The number of rotatable bonds is 5. The normalized spacial score (nSPS) is 15.8. The van der Waals surface area contributed by atoms with E-state index in [1.165, 1.54) is 0 Å². The molecule has 178 valence electrons. The lowest BCUT2D eigenvalue weighted by molar-refractivity contribution is 0.122. The zero-order valence-corrected chi connectivity index (χ0v) is 19.9. The van der Waals surface area contributed by atoms with E-state index in [2.05, 4.69) is 38.5 Å². The fraction of sp³-hybridized carbons (Fsp3) is 0.308. The van der Waals surface area contributed by atoms with E-state index in [-0.39, 0.29) is 0 Å². The van der Waals surface area contributed by atoms with E-state index < -0.39 is 0 Å². The second kappa shape index (κ2) is 8.99. The molecular weight excluding hydrogens is 442 g/mol. The summed E-state index contributed by atoms with van der Waals surface area (Å²) in [5.74, 6) is 2.14. The number of nitrogens with one attached hydrogen (secondary N) is 1. The van der Waals surface area contributed by atoms with Crippen molar-refractivity contribution in [2.45, 2.75) is 6.92 Å². The number of nitrogens with zero attached hydrogens (tertiary/aromatic N) is 6. The van der Waals surface area contributed by atoms with E-state index in [4.69, 9.17) is 19.4 Å². The number of anilines is 3. The van der Waals surface area contributed by atoms with Gasteiger partial charge in [0.25, 0.3) is 0 Å². The molecule has 0 aliphatic carbocycles. The number of aryl methyl sites for hydroxylation is 2. The van der Waals surface area contributed by atoms with Crippen LogP contribution in [0.4, 0.5) is 17.5 Å². The van der Waals surface area contributed by atoms with Crippen molar-refractivity contribution in [2.75, 3.05) is 49.7 Å². The summed E-state index contributed by atoms with van der Waals surface area (Å²) in [7, 11) is 1.97. The van der Waals surface area contributed by atoms with Gasteiger partial charge >= 0.3 is 0 Å². The molecule has 0 amide bonds. The van der Waals surface area contributed by atoms with Crippen molar-refractivity contribution in [2.24, 2.45) is 12.0 Å². The zero-order valence-electron chi connectivity index (χ0n) is 19.9. The zero-order chi connectivity index (χ0) is 23.8. The van der Waals surface area contributed by atoms with Gasteiger partial charge in [0.05, 0.1) is 36.7 Å². The molecule has 1 fully saturated rings. The van der Waals surface area contributed by atoms with Crippen molar-refractivity contribution in [1.82, 2.24) is 19.7 Å². The monoisotopic (exact) mass is 469 g/mol. The largest absolute Gasteiger partial charge is 0.476 e. The lowest BCUT2D eigenvalue weighted by Crippen LogP contribution is -2.37. The molecule has 9 heteroatoms. The lowest BCUT2D eigenvalue weighted by Gasteiger charge is -2.27. The number of aliphatic imine (C=N–C) groups is 1. The van der Waals surface area contributed by atoms with E-state index in [1.807, 2.05) is 49.0 Å². The Balaban J connectivity index is 1.36. The van der Waals surface area contributed by atoms with Crippen LogP contribution in [0.5, 0.6) is 0 Å². The van der Waals surface area contributed by atoms with Crippen LogP contribution < -0.4 is 10.2 Å². The lowest BCUT2D eigenvalue weighted by atomic mass is 10.1. The predicted molar refractivity (Wildman–Crippen MR) is 137 cm³/mol. The quantitative estimate of drug-likeness (QED) is 0.477. The summed E-state index contributed by atoms with van der Waals surface area (Å²) < 4.78 is 13.0. The van der Waals surface area contributed by atoms with Crippen LogP contribution in [0.1, 0.15) is 11.3 Å². The minimum atomic E-state index is 0.646. The summed E-state index contributed by atoms with van der Waals surface area (Å²) in [6, 6.07) is 16.4.